The molecule has 0 amide bonds. The summed E-state index contributed by atoms with van der Waals surface area (Å²) in [6.45, 7) is 0. The molecule has 1 aliphatic carbocycles. The first-order valence-corrected chi connectivity index (χ1v) is 7.20. The van der Waals surface area contributed by atoms with E-state index in [2.05, 4.69) is 0 Å². The number of para-hydroxylation sites is 1. The fraction of sp³-hybridized carbons (Fsp3) is 0.294. The van der Waals surface area contributed by atoms with Gasteiger partial charge in [0.15, 0.2) is 11.5 Å². The first kappa shape index (κ1) is 14.2. The van der Waals surface area contributed by atoms with Crippen LogP contribution < -0.4 is 9.47 Å². The Morgan fingerprint density at radius 3 is 2.62 bits per heavy atom. The van der Waals surface area contributed by atoms with Gasteiger partial charge in [-0.1, -0.05) is 29.8 Å². The van der Waals surface area contributed by atoms with Gasteiger partial charge in [0.25, 0.3) is 0 Å². The lowest BCUT2D eigenvalue weighted by Crippen LogP contribution is -2.24. The quantitative estimate of drug-likeness (QED) is 0.942. The van der Waals surface area contributed by atoms with Gasteiger partial charge >= 0.3 is 0 Å². The maximum atomic E-state index is 11.3. The average molecular weight is 305 g/mol. The summed E-state index contributed by atoms with van der Waals surface area (Å²) in [5.74, 6) is 1.18. The molecule has 2 aromatic carbocycles. The van der Waals surface area contributed by atoms with Crippen LogP contribution in [0.15, 0.2) is 36.4 Å². The van der Waals surface area contributed by atoms with Gasteiger partial charge in [-0.15, -0.1) is 0 Å². The molecule has 0 spiro atoms. The van der Waals surface area contributed by atoms with Crippen molar-refractivity contribution in [1.82, 2.24) is 0 Å². The number of halogens is 1. The van der Waals surface area contributed by atoms with E-state index in [9.17, 15) is 5.11 Å². The highest BCUT2D eigenvalue weighted by Crippen LogP contribution is 2.48. The van der Waals surface area contributed by atoms with Crippen LogP contribution in [0, 0.1) is 0 Å². The molecular formula is C17H17ClO3. The zero-order chi connectivity index (χ0) is 15.0. The highest BCUT2D eigenvalue weighted by Gasteiger charge is 2.41. The molecule has 3 nitrogen and oxygen atoms in total. The largest absolute Gasteiger partial charge is 0.493 e. The summed E-state index contributed by atoms with van der Waals surface area (Å²) >= 11 is 6.10. The predicted molar refractivity (Wildman–Crippen MR) is 82.3 cm³/mol. The Kier molecular flexibility index (Phi) is 3.56. The zero-order valence-corrected chi connectivity index (χ0v) is 12.8. The molecule has 0 aromatic heterocycles. The average Bonchev–Trinajstić information content (AvgIpc) is 2.84. The number of aryl methyl sites for hydroxylation is 1. The van der Waals surface area contributed by atoms with Crippen LogP contribution in [-0.2, 0) is 12.0 Å². The molecule has 0 fully saturated rings. The van der Waals surface area contributed by atoms with E-state index in [-0.39, 0.29) is 0 Å². The van der Waals surface area contributed by atoms with E-state index < -0.39 is 5.60 Å². The number of hydrogen-bond acceptors (Lipinski definition) is 3. The minimum atomic E-state index is -1.10. The van der Waals surface area contributed by atoms with Crippen LogP contribution in [0.25, 0.3) is 0 Å². The Morgan fingerprint density at radius 1 is 1.10 bits per heavy atom. The smallest absolute Gasteiger partial charge is 0.167 e. The first-order valence-electron chi connectivity index (χ1n) is 6.83. The van der Waals surface area contributed by atoms with Crippen molar-refractivity contribution >= 4 is 11.6 Å². The molecule has 1 unspecified atom stereocenters. The predicted octanol–water partition coefficient (Wildman–Crippen LogP) is 3.54. The fourth-order valence-electron chi connectivity index (χ4n) is 3.09. The van der Waals surface area contributed by atoms with Gasteiger partial charge in [0.1, 0.15) is 5.60 Å². The standard InChI is InChI=1S/C17H17ClO3/c1-20-15-5-3-4-13(16(15)21-2)17(19)9-8-11-6-7-12(18)10-14(11)17/h3-7,10,19H,8-9H2,1-2H3. The van der Waals surface area contributed by atoms with Crippen molar-refractivity contribution < 1.29 is 14.6 Å². The van der Waals surface area contributed by atoms with Crippen LogP contribution in [0.3, 0.4) is 0 Å². The van der Waals surface area contributed by atoms with E-state index in [0.29, 0.717) is 28.5 Å². The summed E-state index contributed by atoms with van der Waals surface area (Å²) in [5.41, 5.74) is 1.58. The molecule has 1 atom stereocenters. The van der Waals surface area contributed by atoms with Crippen LogP contribution in [0.5, 0.6) is 11.5 Å². The number of ether oxygens (including phenoxy) is 2. The normalized spacial score (nSPS) is 20.2. The highest BCUT2D eigenvalue weighted by molar-refractivity contribution is 6.30. The maximum absolute atomic E-state index is 11.3. The maximum Gasteiger partial charge on any atom is 0.167 e. The number of fused-ring (bicyclic) bond motifs is 1. The molecule has 0 heterocycles. The van der Waals surface area contributed by atoms with Crippen LogP contribution in [0.1, 0.15) is 23.1 Å². The SMILES string of the molecule is COc1cccc(C2(O)CCc3ccc(Cl)cc32)c1OC. The van der Waals surface area contributed by atoms with Crippen molar-refractivity contribution in [3.05, 3.63) is 58.1 Å². The van der Waals surface area contributed by atoms with Crippen molar-refractivity contribution in [2.24, 2.45) is 0 Å². The second kappa shape index (κ2) is 5.24. The van der Waals surface area contributed by atoms with Crippen molar-refractivity contribution in [1.29, 1.82) is 0 Å². The van der Waals surface area contributed by atoms with Gasteiger partial charge in [0, 0.05) is 10.6 Å². The van der Waals surface area contributed by atoms with Crippen molar-refractivity contribution in [3.8, 4) is 11.5 Å². The lowest BCUT2D eigenvalue weighted by molar-refractivity contribution is 0.0795. The molecule has 3 rings (SSSR count). The number of benzene rings is 2. The summed E-state index contributed by atoms with van der Waals surface area (Å²) < 4.78 is 10.8. The van der Waals surface area contributed by atoms with Gasteiger partial charge < -0.3 is 14.6 Å². The monoisotopic (exact) mass is 304 g/mol. The van der Waals surface area contributed by atoms with Gasteiger partial charge in [-0.3, -0.25) is 0 Å². The molecule has 2 aromatic rings. The summed E-state index contributed by atoms with van der Waals surface area (Å²) in [4.78, 5) is 0. The van der Waals surface area contributed by atoms with Crippen molar-refractivity contribution in [2.75, 3.05) is 14.2 Å². The molecular weight excluding hydrogens is 288 g/mol. The third-order valence-electron chi connectivity index (χ3n) is 4.12. The topological polar surface area (TPSA) is 38.7 Å². The minimum absolute atomic E-state index is 0.565. The van der Waals surface area contributed by atoms with Crippen molar-refractivity contribution in [3.63, 3.8) is 0 Å². The fourth-order valence-corrected chi connectivity index (χ4v) is 3.27. The number of hydrogen-bond donors (Lipinski definition) is 1. The van der Waals surface area contributed by atoms with E-state index in [0.717, 1.165) is 17.5 Å². The number of aliphatic hydroxyl groups is 1. The molecule has 0 saturated heterocycles. The molecule has 0 aliphatic heterocycles. The summed E-state index contributed by atoms with van der Waals surface area (Å²) in [7, 11) is 3.17. The highest BCUT2D eigenvalue weighted by atomic mass is 35.5. The Balaban J connectivity index is 2.20. The van der Waals surface area contributed by atoms with Crippen LogP contribution in [0.4, 0.5) is 0 Å². The zero-order valence-electron chi connectivity index (χ0n) is 12.0. The first-order chi connectivity index (χ1) is 10.1. The summed E-state index contributed by atoms with van der Waals surface area (Å²) in [5, 5.41) is 11.9. The third-order valence-corrected chi connectivity index (χ3v) is 4.36. The second-order valence-corrected chi connectivity index (χ2v) is 5.64. The van der Waals surface area contributed by atoms with E-state index >= 15 is 0 Å². The molecule has 0 bridgehead atoms. The Morgan fingerprint density at radius 2 is 1.90 bits per heavy atom. The molecule has 4 heteroatoms. The van der Waals surface area contributed by atoms with E-state index in [1.54, 1.807) is 14.2 Å². The molecule has 0 saturated carbocycles. The van der Waals surface area contributed by atoms with Gasteiger partial charge in [0.05, 0.1) is 14.2 Å². The molecule has 21 heavy (non-hydrogen) atoms. The van der Waals surface area contributed by atoms with Crippen molar-refractivity contribution in [2.45, 2.75) is 18.4 Å². The van der Waals surface area contributed by atoms with E-state index in [1.807, 2.05) is 36.4 Å². The van der Waals surface area contributed by atoms with Crippen LogP contribution >= 0.6 is 11.6 Å². The summed E-state index contributed by atoms with van der Waals surface area (Å²) in [6, 6.07) is 11.2. The number of methoxy groups -OCH3 is 2. The Hall–Kier alpha value is -1.71. The van der Waals surface area contributed by atoms with Gasteiger partial charge in [0.2, 0.25) is 0 Å². The molecule has 1 N–H and O–H groups in total. The van der Waals surface area contributed by atoms with E-state index in [1.165, 1.54) is 0 Å². The van der Waals surface area contributed by atoms with Gasteiger partial charge in [-0.25, -0.2) is 0 Å². The molecule has 1 aliphatic rings. The second-order valence-electron chi connectivity index (χ2n) is 5.20. The number of rotatable bonds is 3. The lowest BCUT2D eigenvalue weighted by atomic mass is 9.87. The van der Waals surface area contributed by atoms with Gasteiger partial charge in [-0.2, -0.15) is 0 Å². The van der Waals surface area contributed by atoms with Crippen LogP contribution in [0.2, 0.25) is 5.02 Å². The third kappa shape index (κ3) is 2.17. The summed E-state index contributed by atoms with van der Waals surface area (Å²) in [6.07, 6.45) is 1.41. The Bertz CT molecular complexity index is 684. The minimum Gasteiger partial charge on any atom is -0.493 e. The van der Waals surface area contributed by atoms with E-state index in [4.69, 9.17) is 21.1 Å². The molecule has 110 valence electrons. The van der Waals surface area contributed by atoms with Gasteiger partial charge in [-0.05, 0) is 42.2 Å². The van der Waals surface area contributed by atoms with Crippen LogP contribution in [-0.4, -0.2) is 19.3 Å². The Labute approximate surface area is 129 Å². The lowest BCUT2D eigenvalue weighted by Gasteiger charge is -2.27. The molecule has 0 radical (unpaired) electrons.